The first kappa shape index (κ1) is 10.5. The van der Waals surface area contributed by atoms with Crippen LogP contribution in [0.15, 0.2) is 0 Å². The molecular formula is C11H20N2. The van der Waals surface area contributed by atoms with Crippen molar-refractivity contribution >= 4 is 0 Å². The van der Waals surface area contributed by atoms with Crippen LogP contribution < -0.4 is 0 Å². The van der Waals surface area contributed by atoms with Crippen molar-refractivity contribution in [2.75, 3.05) is 13.6 Å². The van der Waals surface area contributed by atoms with Crippen LogP contribution in [0.5, 0.6) is 0 Å². The van der Waals surface area contributed by atoms with Gasteiger partial charge in [0.1, 0.15) is 0 Å². The summed E-state index contributed by atoms with van der Waals surface area (Å²) < 4.78 is 0. The third kappa shape index (κ3) is 3.78. The molecule has 1 fully saturated rings. The zero-order valence-corrected chi connectivity index (χ0v) is 8.63. The Labute approximate surface area is 81.5 Å². The van der Waals surface area contributed by atoms with Gasteiger partial charge >= 0.3 is 0 Å². The Hall–Kier alpha value is -0.550. The van der Waals surface area contributed by atoms with Crippen LogP contribution in [0.4, 0.5) is 0 Å². The highest BCUT2D eigenvalue weighted by molar-refractivity contribution is 4.76. The number of rotatable bonds is 3. The molecule has 2 nitrogen and oxygen atoms in total. The van der Waals surface area contributed by atoms with Gasteiger partial charge < -0.3 is 4.90 Å². The second-order valence-electron chi connectivity index (χ2n) is 4.03. The smallest absolute Gasteiger partial charge is 0.0635 e. The van der Waals surface area contributed by atoms with Crippen LogP contribution in [0.1, 0.15) is 44.9 Å². The van der Waals surface area contributed by atoms with Crippen molar-refractivity contribution in [3.05, 3.63) is 0 Å². The molecule has 1 rings (SSSR count). The molecule has 0 unspecified atom stereocenters. The molecule has 2 heteroatoms. The molecule has 0 atom stereocenters. The van der Waals surface area contributed by atoms with E-state index in [2.05, 4.69) is 18.0 Å². The van der Waals surface area contributed by atoms with Gasteiger partial charge in [0, 0.05) is 19.0 Å². The lowest BCUT2D eigenvalue weighted by atomic mass is 10.1. The molecule has 1 aliphatic carbocycles. The van der Waals surface area contributed by atoms with Crippen molar-refractivity contribution in [2.24, 2.45) is 0 Å². The molecule has 1 saturated carbocycles. The highest BCUT2D eigenvalue weighted by atomic mass is 15.1. The molecule has 13 heavy (non-hydrogen) atoms. The molecule has 0 aromatic rings. The SMILES string of the molecule is CN(CCC#N)C1CCCCCC1. The summed E-state index contributed by atoms with van der Waals surface area (Å²) in [5.41, 5.74) is 0. The van der Waals surface area contributed by atoms with Gasteiger partial charge in [-0.15, -0.1) is 0 Å². The standard InChI is InChI=1S/C11H20N2/c1-13(10-6-9-12)11-7-4-2-3-5-8-11/h11H,2-8,10H2,1H3. The first-order chi connectivity index (χ1) is 6.34. The van der Waals surface area contributed by atoms with Gasteiger partial charge in [-0.3, -0.25) is 0 Å². The Balaban J connectivity index is 2.27. The number of nitrogens with zero attached hydrogens (tertiary/aromatic N) is 2. The van der Waals surface area contributed by atoms with E-state index < -0.39 is 0 Å². The zero-order chi connectivity index (χ0) is 9.52. The van der Waals surface area contributed by atoms with Gasteiger partial charge in [0.05, 0.1) is 6.07 Å². The molecule has 0 N–H and O–H groups in total. The highest BCUT2D eigenvalue weighted by Gasteiger charge is 2.15. The quantitative estimate of drug-likeness (QED) is 0.624. The van der Waals surface area contributed by atoms with Gasteiger partial charge in [-0.1, -0.05) is 25.7 Å². The minimum atomic E-state index is 0.674. The third-order valence-corrected chi connectivity index (χ3v) is 3.02. The summed E-state index contributed by atoms with van der Waals surface area (Å²) >= 11 is 0. The summed E-state index contributed by atoms with van der Waals surface area (Å²) in [7, 11) is 2.16. The molecule has 74 valence electrons. The first-order valence-corrected chi connectivity index (χ1v) is 5.42. The number of hydrogen-bond acceptors (Lipinski definition) is 2. The second kappa shape index (κ2) is 5.99. The predicted octanol–water partition coefficient (Wildman–Crippen LogP) is 2.55. The van der Waals surface area contributed by atoms with Crippen molar-refractivity contribution in [2.45, 2.75) is 51.0 Å². The minimum absolute atomic E-state index is 0.674. The molecule has 0 spiro atoms. The van der Waals surface area contributed by atoms with E-state index in [4.69, 9.17) is 5.26 Å². The van der Waals surface area contributed by atoms with Crippen LogP contribution in [-0.2, 0) is 0 Å². The minimum Gasteiger partial charge on any atom is -0.302 e. The van der Waals surface area contributed by atoms with Gasteiger partial charge in [-0.25, -0.2) is 0 Å². The average Bonchev–Trinajstić information content (AvgIpc) is 2.42. The predicted molar refractivity (Wildman–Crippen MR) is 54.4 cm³/mol. The molecule has 1 aliphatic rings. The molecule has 0 bridgehead atoms. The summed E-state index contributed by atoms with van der Waals surface area (Å²) in [6, 6.07) is 2.96. The third-order valence-electron chi connectivity index (χ3n) is 3.02. The van der Waals surface area contributed by atoms with Crippen LogP contribution in [0.25, 0.3) is 0 Å². The maximum absolute atomic E-state index is 8.49. The van der Waals surface area contributed by atoms with Gasteiger partial charge in [0.15, 0.2) is 0 Å². The van der Waals surface area contributed by atoms with Gasteiger partial charge in [-0.2, -0.15) is 5.26 Å². The van der Waals surface area contributed by atoms with Crippen molar-refractivity contribution in [3.63, 3.8) is 0 Å². The van der Waals surface area contributed by atoms with Crippen molar-refractivity contribution in [3.8, 4) is 6.07 Å². The lowest BCUT2D eigenvalue weighted by molar-refractivity contribution is 0.225. The monoisotopic (exact) mass is 180 g/mol. The van der Waals surface area contributed by atoms with Crippen LogP contribution in [0.2, 0.25) is 0 Å². The topological polar surface area (TPSA) is 27.0 Å². The Morgan fingerprint density at radius 2 is 1.85 bits per heavy atom. The molecule has 0 aliphatic heterocycles. The Morgan fingerprint density at radius 1 is 1.23 bits per heavy atom. The van der Waals surface area contributed by atoms with E-state index in [1.165, 1.54) is 38.5 Å². The van der Waals surface area contributed by atoms with Crippen molar-refractivity contribution < 1.29 is 0 Å². The van der Waals surface area contributed by atoms with E-state index in [1.807, 2.05) is 0 Å². The summed E-state index contributed by atoms with van der Waals surface area (Å²) in [5.74, 6) is 0. The molecule has 0 radical (unpaired) electrons. The fourth-order valence-electron chi connectivity index (χ4n) is 2.11. The largest absolute Gasteiger partial charge is 0.302 e. The molecular weight excluding hydrogens is 160 g/mol. The normalized spacial score (nSPS) is 19.8. The zero-order valence-electron chi connectivity index (χ0n) is 8.63. The van der Waals surface area contributed by atoms with E-state index in [0.717, 1.165) is 12.6 Å². The average molecular weight is 180 g/mol. The lowest BCUT2D eigenvalue weighted by Crippen LogP contribution is -2.31. The first-order valence-electron chi connectivity index (χ1n) is 5.42. The van der Waals surface area contributed by atoms with E-state index in [1.54, 1.807) is 0 Å². The van der Waals surface area contributed by atoms with Gasteiger partial charge in [0.2, 0.25) is 0 Å². The summed E-state index contributed by atoms with van der Waals surface area (Å²) in [6.07, 6.45) is 8.91. The molecule has 0 saturated heterocycles. The van der Waals surface area contributed by atoms with Gasteiger partial charge in [-0.05, 0) is 19.9 Å². The fourth-order valence-corrected chi connectivity index (χ4v) is 2.11. The lowest BCUT2D eigenvalue weighted by Gasteiger charge is -2.25. The Morgan fingerprint density at radius 3 is 2.38 bits per heavy atom. The van der Waals surface area contributed by atoms with Gasteiger partial charge in [0.25, 0.3) is 0 Å². The van der Waals surface area contributed by atoms with Crippen LogP contribution in [-0.4, -0.2) is 24.5 Å². The van der Waals surface area contributed by atoms with Crippen molar-refractivity contribution in [1.29, 1.82) is 5.26 Å². The summed E-state index contributed by atoms with van der Waals surface area (Å²) in [4.78, 5) is 2.37. The summed E-state index contributed by atoms with van der Waals surface area (Å²) in [5, 5.41) is 8.49. The number of hydrogen-bond donors (Lipinski definition) is 0. The molecule has 0 amide bonds. The van der Waals surface area contributed by atoms with Crippen LogP contribution in [0, 0.1) is 11.3 Å². The van der Waals surface area contributed by atoms with Crippen LogP contribution >= 0.6 is 0 Å². The fraction of sp³-hybridized carbons (Fsp3) is 0.909. The van der Waals surface area contributed by atoms with E-state index in [0.29, 0.717) is 6.42 Å². The molecule has 0 aromatic heterocycles. The van der Waals surface area contributed by atoms with E-state index in [9.17, 15) is 0 Å². The molecule has 0 aromatic carbocycles. The maximum atomic E-state index is 8.49. The Bertz CT molecular complexity index is 163. The maximum Gasteiger partial charge on any atom is 0.0635 e. The van der Waals surface area contributed by atoms with Crippen LogP contribution in [0.3, 0.4) is 0 Å². The van der Waals surface area contributed by atoms with Crippen molar-refractivity contribution in [1.82, 2.24) is 4.90 Å². The Kier molecular flexibility index (Phi) is 4.85. The highest BCUT2D eigenvalue weighted by Crippen LogP contribution is 2.20. The van der Waals surface area contributed by atoms with E-state index in [-0.39, 0.29) is 0 Å². The van der Waals surface area contributed by atoms with E-state index >= 15 is 0 Å². The second-order valence-corrected chi connectivity index (χ2v) is 4.03. The molecule has 0 heterocycles. The summed E-state index contributed by atoms with van der Waals surface area (Å²) in [6.45, 7) is 0.946. The number of nitriles is 1.